The Morgan fingerprint density at radius 2 is 0.846 bits per heavy atom. The van der Waals surface area contributed by atoms with Crippen LogP contribution in [0.4, 0.5) is 17.1 Å². The van der Waals surface area contributed by atoms with E-state index < -0.39 is 0 Å². The minimum absolute atomic E-state index is 0.896. The number of hydrogen-bond donors (Lipinski definition) is 0. The van der Waals surface area contributed by atoms with Crippen molar-refractivity contribution in [3.05, 3.63) is 200 Å². The molecule has 0 amide bonds. The van der Waals surface area contributed by atoms with Gasteiger partial charge in [0.25, 0.3) is 0 Å². The molecule has 1 aromatic heterocycles. The first-order chi connectivity index (χ1) is 25.8. The molecule has 0 unspecified atom stereocenters. The molecule has 10 aromatic rings. The fourth-order valence-corrected chi connectivity index (χ4v) is 7.63. The van der Waals surface area contributed by atoms with Crippen LogP contribution in [-0.4, -0.2) is 0 Å². The van der Waals surface area contributed by atoms with Crippen molar-refractivity contribution in [2.45, 2.75) is 0 Å². The second-order valence-corrected chi connectivity index (χ2v) is 13.4. The first kappa shape index (κ1) is 30.0. The normalized spacial score (nSPS) is 11.5. The Balaban J connectivity index is 1.02. The standard InChI is InChI=1S/C50H33NO/c1-3-12-37(13-4-1)46-33-48-47-32-40(25-30-49(47)52-50(48)45-18-10-9-17-44(45)46)36-23-28-43(29-24-36)51(41-15-5-2-6-16-41)42-26-21-35(22-27-42)39-20-19-34-11-7-8-14-38(34)31-39/h1-33H. The molecule has 0 saturated heterocycles. The third-order valence-electron chi connectivity index (χ3n) is 10.2. The molecule has 0 radical (unpaired) electrons. The summed E-state index contributed by atoms with van der Waals surface area (Å²) in [7, 11) is 0. The third kappa shape index (κ3) is 5.21. The highest BCUT2D eigenvalue weighted by Gasteiger charge is 2.17. The summed E-state index contributed by atoms with van der Waals surface area (Å²) >= 11 is 0. The number of anilines is 3. The van der Waals surface area contributed by atoms with E-state index in [9.17, 15) is 0 Å². The van der Waals surface area contributed by atoms with Crippen molar-refractivity contribution in [3.63, 3.8) is 0 Å². The van der Waals surface area contributed by atoms with E-state index in [0.717, 1.165) is 55.5 Å². The zero-order valence-electron chi connectivity index (χ0n) is 28.4. The highest BCUT2D eigenvalue weighted by Crippen LogP contribution is 2.42. The first-order valence-electron chi connectivity index (χ1n) is 17.8. The minimum Gasteiger partial charge on any atom is -0.455 e. The molecule has 0 spiro atoms. The van der Waals surface area contributed by atoms with Crippen LogP contribution in [0.15, 0.2) is 205 Å². The number of furan rings is 1. The number of benzene rings is 9. The van der Waals surface area contributed by atoms with Gasteiger partial charge in [0.05, 0.1) is 0 Å². The van der Waals surface area contributed by atoms with Gasteiger partial charge in [0, 0.05) is 33.2 Å². The first-order valence-corrected chi connectivity index (χ1v) is 17.8. The van der Waals surface area contributed by atoms with Crippen LogP contribution in [0.5, 0.6) is 0 Å². The van der Waals surface area contributed by atoms with Crippen molar-refractivity contribution in [1.82, 2.24) is 0 Å². The summed E-state index contributed by atoms with van der Waals surface area (Å²) in [6, 6.07) is 71.6. The molecule has 0 aliphatic rings. The predicted molar refractivity (Wildman–Crippen MR) is 220 cm³/mol. The SMILES string of the molecule is c1ccc(-c2cc3c4cc(-c5ccc(N(c6ccccc6)c6ccc(-c7ccc8ccccc8c7)cc6)cc5)ccc4oc3c3ccccc23)cc1. The highest BCUT2D eigenvalue weighted by molar-refractivity contribution is 6.19. The predicted octanol–water partition coefficient (Wildman–Crippen LogP) is 14.4. The van der Waals surface area contributed by atoms with Gasteiger partial charge in [-0.2, -0.15) is 0 Å². The van der Waals surface area contributed by atoms with Crippen LogP contribution in [0.3, 0.4) is 0 Å². The van der Waals surface area contributed by atoms with Gasteiger partial charge in [0.1, 0.15) is 11.2 Å². The lowest BCUT2D eigenvalue weighted by atomic mass is 9.95. The molecule has 0 saturated carbocycles. The molecule has 0 fully saturated rings. The van der Waals surface area contributed by atoms with Gasteiger partial charge < -0.3 is 9.32 Å². The third-order valence-corrected chi connectivity index (χ3v) is 10.2. The molecule has 2 nitrogen and oxygen atoms in total. The van der Waals surface area contributed by atoms with Crippen LogP contribution in [0, 0.1) is 0 Å². The summed E-state index contributed by atoms with van der Waals surface area (Å²) in [5.41, 5.74) is 12.3. The lowest BCUT2D eigenvalue weighted by molar-refractivity contribution is 0.673. The molecule has 1 heterocycles. The monoisotopic (exact) mass is 663 g/mol. The Labute approximate surface area is 302 Å². The molecule has 2 heteroatoms. The Bertz CT molecular complexity index is 2870. The van der Waals surface area contributed by atoms with Crippen LogP contribution in [0.1, 0.15) is 0 Å². The molecule has 0 N–H and O–H groups in total. The van der Waals surface area contributed by atoms with Gasteiger partial charge >= 0.3 is 0 Å². The summed E-state index contributed by atoms with van der Waals surface area (Å²) in [6.45, 7) is 0. The van der Waals surface area contributed by atoms with Gasteiger partial charge in [0.2, 0.25) is 0 Å². The molecule has 0 aliphatic carbocycles. The van der Waals surface area contributed by atoms with E-state index in [-0.39, 0.29) is 0 Å². The number of hydrogen-bond acceptors (Lipinski definition) is 2. The second kappa shape index (κ2) is 12.5. The van der Waals surface area contributed by atoms with E-state index in [1.54, 1.807) is 0 Å². The van der Waals surface area contributed by atoms with E-state index in [1.165, 1.54) is 38.4 Å². The number of fused-ring (bicyclic) bond motifs is 6. The smallest absolute Gasteiger partial charge is 0.143 e. The van der Waals surface area contributed by atoms with Crippen molar-refractivity contribution in [1.29, 1.82) is 0 Å². The molecule has 244 valence electrons. The second-order valence-electron chi connectivity index (χ2n) is 13.4. The molecular formula is C50H33NO. The quantitative estimate of drug-likeness (QED) is 0.176. The molecule has 9 aromatic carbocycles. The zero-order chi connectivity index (χ0) is 34.4. The van der Waals surface area contributed by atoms with Gasteiger partial charge in [0.15, 0.2) is 0 Å². The van der Waals surface area contributed by atoms with Gasteiger partial charge in [-0.25, -0.2) is 0 Å². The van der Waals surface area contributed by atoms with E-state index in [2.05, 4.69) is 205 Å². The van der Waals surface area contributed by atoms with E-state index >= 15 is 0 Å². The summed E-state index contributed by atoms with van der Waals surface area (Å²) in [4.78, 5) is 2.32. The van der Waals surface area contributed by atoms with Crippen molar-refractivity contribution < 1.29 is 4.42 Å². The van der Waals surface area contributed by atoms with E-state index in [4.69, 9.17) is 4.42 Å². The van der Waals surface area contributed by atoms with Crippen LogP contribution in [-0.2, 0) is 0 Å². The maximum absolute atomic E-state index is 6.54. The Kier molecular flexibility index (Phi) is 7.18. The molecule has 0 aliphatic heterocycles. The molecule has 0 bridgehead atoms. The highest BCUT2D eigenvalue weighted by atomic mass is 16.3. The van der Waals surface area contributed by atoms with Gasteiger partial charge in [-0.3, -0.25) is 0 Å². The van der Waals surface area contributed by atoms with Crippen molar-refractivity contribution in [2.24, 2.45) is 0 Å². The molecule has 0 atom stereocenters. The Morgan fingerprint density at radius 3 is 1.56 bits per heavy atom. The maximum atomic E-state index is 6.54. The fraction of sp³-hybridized carbons (Fsp3) is 0. The number of para-hydroxylation sites is 1. The summed E-state index contributed by atoms with van der Waals surface area (Å²) in [6.07, 6.45) is 0. The van der Waals surface area contributed by atoms with Crippen molar-refractivity contribution in [2.75, 3.05) is 4.90 Å². The van der Waals surface area contributed by atoms with Crippen LogP contribution in [0.2, 0.25) is 0 Å². The average molecular weight is 664 g/mol. The maximum Gasteiger partial charge on any atom is 0.143 e. The van der Waals surface area contributed by atoms with Crippen molar-refractivity contribution in [3.8, 4) is 33.4 Å². The van der Waals surface area contributed by atoms with E-state index in [1.807, 2.05) is 0 Å². The van der Waals surface area contributed by atoms with E-state index in [0.29, 0.717) is 0 Å². The molecule has 10 rings (SSSR count). The zero-order valence-corrected chi connectivity index (χ0v) is 28.4. The summed E-state index contributed by atoms with van der Waals surface area (Å²) in [5.74, 6) is 0. The lowest BCUT2D eigenvalue weighted by Crippen LogP contribution is -2.09. The van der Waals surface area contributed by atoms with Gasteiger partial charge in [-0.15, -0.1) is 0 Å². The Morgan fingerprint density at radius 1 is 0.308 bits per heavy atom. The van der Waals surface area contributed by atoms with Gasteiger partial charge in [-0.1, -0.05) is 140 Å². The largest absolute Gasteiger partial charge is 0.455 e. The average Bonchev–Trinajstić information content (AvgIpc) is 3.60. The Hall–Kier alpha value is -6.90. The topological polar surface area (TPSA) is 16.4 Å². The van der Waals surface area contributed by atoms with Crippen molar-refractivity contribution >= 4 is 60.5 Å². The van der Waals surface area contributed by atoms with Crippen LogP contribution < -0.4 is 4.90 Å². The summed E-state index contributed by atoms with van der Waals surface area (Å²) in [5, 5.41) is 7.09. The molecular weight excluding hydrogens is 631 g/mol. The van der Waals surface area contributed by atoms with Gasteiger partial charge in [-0.05, 0) is 110 Å². The number of rotatable bonds is 6. The molecule has 52 heavy (non-hydrogen) atoms. The summed E-state index contributed by atoms with van der Waals surface area (Å²) < 4.78 is 6.54. The minimum atomic E-state index is 0.896. The number of nitrogens with zero attached hydrogens (tertiary/aromatic N) is 1. The lowest BCUT2D eigenvalue weighted by Gasteiger charge is -2.26. The van der Waals surface area contributed by atoms with Crippen LogP contribution >= 0.6 is 0 Å². The van der Waals surface area contributed by atoms with Crippen LogP contribution in [0.25, 0.3) is 76.9 Å². The fourth-order valence-electron chi connectivity index (χ4n) is 7.63.